The van der Waals surface area contributed by atoms with Crippen molar-refractivity contribution in [1.29, 1.82) is 0 Å². The number of rotatable bonds is 1. The fourth-order valence-electron chi connectivity index (χ4n) is 2.66. The minimum absolute atomic E-state index is 0.104. The zero-order valence-corrected chi connectivity index (χ0v) is 11.7. The molecule has 2 aliphatic rings. The second-order valence-electron chi connectivity index (χ2n) is 4.90. The summed E-state index contributed by atoms with van der Waals surface area (Å²) in [4.78, 5) is 15.0. The van der Waals surface area contributed by atoms with E-state index in [1.54, 1.807) is 0 Å². The summed E-state index contributed by atoms with van der Waals surface area (Å²) in [6, 6.07) is 7.86. The molecular weight excluding hydrogens is 294 g/mol. The molecule has 1 saturated heterocycles. The summed E-state index contributed by atoms with van der Waals surface area (Å²) in [5.74, 6) is 0.985. The van der Waals surface area contributed by atoms with Crippen molar-refractivity contribution in [2.45, 2.75) is 23.6 Å². The van der Waals surface area contributed by atoms with E-state index in [9.17, 15) is 4.79 Å². The van der Waals surface area contributed by atoms with E-state index in [1.165, 1.54) is 0 Å². The van der Waals surface area contributed by atoms with E-state index in [0.29, 0.717) is 11.4 Å². The van der Waals surface area contributed by atoms with E-state index in [1.807, 2.05) is 29.2 Å². The smallest absolute Gasteiger partial charge is 0.233 e. The Bertz CT molecular complexity index is 455. The number of ether oxygens (including phenoxy) is 1. The molecule has 1 aromatic carbocycles. The second-order valence-corrected chi connectivity index (χ2v) is 6.20. The molecule has 4 heteroatoms. The number of hydrogen-bond donors (Lipinski definition) is 0. The number of hydrogen-bond acceptors (Lipinski definition) is 2. The minimum atomic E-state index is -0.104. The number of benzene rings is 1. The fourth-order valence-corrected chi connectivity index (χ4v) is 3.07. The van der Waals surface area contributed by atoms with Crippen molar-refractivity contribution >= 4 is 21.8 Å². The van der Waals surface area contributed by atoms with Crippen LogP contribution in [0.2, 0.25) is 0 Å². The second kappa shape index (κ2) is 4.92. The maximum Gasteiger partial charge on any atom is 0.233 e. The third-order valence-corrected chi connectivity index (χ3v) is 4.65. The average Bonchev–Trinajstić information content (AvgIpc) is 2.82. The molecule has 0 saturated carbocycles. The zero-order chi connectivity index (χ0) is 12.5. The lowest BCUT2D eigenvalue weighted by atomic mass is 9.98. The van der Waals surface area contributed by atoms with Gasteiger partial charge in [0.25, 0.3) is 0 Å². The van der Waals surface area contributed by atoms with Gasteiger partial charge in [0.2, 0.25) is 5.91 Å². The maximum atomic E-state index is 12.5. The highest BCUT2D eigenvalue weighted by atomic mass is 79.9. The summed E-state index contributed by atoms with van der Waals surface area (Å²) >= 11 is 3.61. The number of fused-ring (bicyclic) bond motifs is 1. The van der Waals surface area contributed by atoms with E-state index in [2.05, 4.69) is 15.9 Å². The van der Waals surface area contributed by atoms with Crippen molar-refractivity contribution in [3.63, 3.8) is 0 Å². The number of likely N-dealkylation sites (tertiary alicyclic amines) is 1. The topological polar surface area (TPSA) is 29.5 Å². The molecule has 96 valence electrons. The van der Waals surface area contributed by atoms with Crippen LogP contribution in [0.4, 0.5) is 0 Å². The normalized spacial score (nSPS) is 23.6. The Hall–Kier alpha value is -1.03. The summed E-state index contributed by atoms with van der Waals surface area (Å²) in [7, 11) is 0. The van der Waals surface area contributed by atoms with Gasteiger partial charge in [-0.2, -0.15) is 0 Å². The van der Waals surface area contributed by atoms with Crippen LogP contribution in [0.3, 0.4) is 0 Å². The molecule has 1 fully saturated rings. The average molecular weight is 310 g/mol. The van der Waals surface area contributed by atoms with E-state index in [4.69, 9.17) is 4.74 Å². The fraction of sp³-hybridized carbons (Fsp3) is 0.500. The molecule has 3 nitrogen and oxygen atoms in total. The van der Waals surface area contributed by atoms with Gasteiger partial charge in [-0.3, -0.25) is 4.79 Å². The van der Waals surface area contributed by atoms with Gasteiger partial charge >= 0.3 is 0 Å². The largest absolute Gasteiger partial charge is 0.492 e. The lowest BCUT2D eigenvalue weighted by Crippen LogP contribution is -2.41. The van der Waals surface area contributed by atoms with Gasteiger partial charge in [-0.15, -0.1) is 0 Å². The van der Waals surface area contributed by atoms with Gasteiger partial charge in [0.15, 0.2) is 0 Å². The van der Waals surface area contributed by atoms with Crippen LogP contribution >= 0.6 is 15.9 Å². The molecule has 0 bridgehead atoms. The highest BCUT2D eigenvalue weighted by molar-refractivity contribution is 9.09. The van der Waals surface area contributed by atoms with Gasteiger partial charge in [0, 0.05) is 23.5 Å². The number of carbonyl (C=O) groups is 1. The van der Waals surface area contributed by atoms with Crippen LogP contribution in [-0.2, 0) is 4.79 Å². The molecule has 3 rings (SSSR count). The summed E-state index contributed by atoms with van der Waals surface area (Å²) in [5.41, 5.74) is 1.04. The predicted molar refractivity (Wildman–Crippen MR) is 73.2 cm³/mol. The molecule has 1 atom stereocenters. The molecule has 2 aliphatic heterocycles. The minimum Gasteiger partial charge on any atom is -0.492 e. The SMILES string of the molecule is O=C(C1COc2ccccc21)N1CCC(Br)CC1. The first-order valence-corrected chi connectivity index (χ1v) is 7.32. The number of carbonyl (C=O) groups excluding carboxylic acids is 1. The number of piperidine rings is 1. The molecule has 1 aromatic rings. The molecular formula is C14H16BrNO2. The Morgan fingerprint density at radius 3 is 2.78 bits per heavy atom. The van der Waals surface area contributed by atoms with Crippen molar-refractivity contribution in [3.8, 4) is 5.75 Å². The number of amides is 1. The third-order valence-electron chi connectivity index (χ3n) is 3.73. The van der Waals surface area contributed by atoms with Gasteiger partial charge in [-0.05, 0) is 18.9 Å². The standard InChI is InChI=1S/C14H16BrNO2/c15-10-5-7-16(8-6-10)14(17)12-9-18-13-4-2-1-3-11(12)13/h1-4,10,12H,5-9H2. The van der Waals surface area contributed by atoms with Crippen LogP contribution < -0.4 is 4.74 Å². The van der Waals surface area contributed by atoms with Crippen molar-refractivity contribution in [2.75, 3.05) is 19.7 Å². The molecule has 0 aliphatic carbocycles. The van der Waals surface area contributed by atoms with Crippen LogP contribution in [0.1, 0.15) is 24.3 Å². The molecule has 1 amide bonds. The Balaban J connectivity index is 1.74. The first-order valence-electron chi connectivity index (χ1n) is 6.40. The molecule has 0 spiro atoms. The predicted octanol–water partition coefficient (Wildman–Crippen LogP) is 2.55. The Morgan fingerprint density at radius 2 is 2.00 bits per heavy atom. The van der Waals surface area contributed by atoms with Crippen LogP contribution in [0.5, 0.6) is 5.75 Å². The van der Waals surface area contributed by atoms with Gasteiger partial charge in [-0.1, -0.05) is 34.1 Å². The first-order chi connectivity index (χ1) is 8.75. The molecule has 2 heterocycles. The first kappa shape index (κ1) is 12.0. The van der Waals surface area contributed by atoms with Gasteiger partial charge in [0.1, 0.15) is 18.3 Å². The summed E-state index contributed by atoms with van der Waals surface area (Å²) in [6.45, 7) is 2.20. The number of para-hydroxylation sites is 1. The van der Waals surface area contributed by atoms with Gasteiger partial charge in [-0.25, -0.2) is 0 Å². The van der Waals surface area contributed by atoms with E-state index in [-0.39, 0.29) is 11.8 Å². The third kappa shape index (κ3) is 2.14. The Kier molecular flexibility index (Phi) is 3.29. The maximum absolute atomic E-state index is 12.5. The molecule has 0 radical (unpaired) electrons. The van der Waals surface area contributed by atoms with Crippen LogP contribution in [0.15, 0.2) is 24.3 Å². The van der Waals surface area contributed by atoms with Crippen LogP contribution in [0, 0.1) is 0 Å². The highest BCUT2D eigenvalue weighted by Gasteiger charge is 2.34. The zero-order valence-electron chi connectivity index (χ0n) is 10.1. The van der Waals surface area contributed by atoms with Gasteiger partial charge < -0.3 is 9.64 Å². The molecule has 1 unspecified atom stereocenters. The van der Waals surface area contributed by atoms with Crippen molar-refractivity contribution in [2.24, 2.45) is 0 Å². The Labute approximate surface area is 115 Å². The van der Waals surface area contributed by atoms with E-state index in [0.717, 1.165) is 37.2 Å². The summed E-state index contributed by atoms with van der Waals surface area (Å²) < 4.78 is 5.59. The lowest BCUT2D eigenvalue weighted by molar-refractivity contribution is -0.133. The van der Waals surface area contributed by atoms with E-state index < -0.39 is 0 Å². The number of halogens is 1. The van der Waals surface area contributed by atoms with Gasteiger partial charge in [0.05, 0.1) is 0 Å². The highest BCUT2D eigenvalue weighted by Crippen LogP contribution is 2.35. The van der Waals surface area contributed by atoms with Crippen molar-refractivity contribution < 1.29 is 9.53 Å². The molecule has 0 aromatic heterocycles. The summed E-state index contributed by atoms with van der Waals surface area (Å²) in [5, 5.41) is 0. The monoisotopic (exact) mass is 309 g/mol. The quantitative estimate of drug-likeness (QED) is 0.746. The molecule has 0 N–H and O–H groups in total. The van der Waals surface area contributed by atoms with Crippen LogP contribution in [0.25, 0.3) is 0 Å². The van der Waals surface area contributed by atoms with Crippen molar-refractivity contribution in [1.82, 2.24) is 4.90 Å². The lowest BCUT2D eigenvalue weighted by Gasteiger charge is -2.31. The molecule has 18 heavy (non-hydrogen) atoms. The summed E-state index contributed by atoms with van der Waals surface area (Å²) in [6.07, 6.45) is 2.09. The van der Waals surface area contributed by atoms with E-state index >= 15 is 0 Å². The van der Waals surface area contributed by atoms with Crippen molar-refractivity contribution in [3.05, 3.63) is 29.8 Å². The number of nitrogens with zero attached hydrogens (tertiary/aromatic N) is 1. The number of alkyl halides is 1. The Morgan fingerprint density at radius 1 is 1.28 bits per heavy atom. The van der Waals surface area contributed by atoms with Crippen LogP contribution in [-0.4, -0.2) is 35.3 Å².